The second-order valence-electron chi connectivity index (χ2n) is 3.64. The number of rotatable bonds is 3. The summed E-state index contributed by atoms with van der Waals surface area (Å²) in [6, 6.07) is 5.77. The van der Waals surface area contributed by atoms with Crippen molar-refractivity contribution >= 4 is 21.7 Å². The maximum Gasteiger partial charge on any atom is 0.166 e. The van der Waals surface area contributed by atoms with E-state index >= 15 is 0 Å². The van der Waals surface area contributed by atoms with Crippen LogP contribution in [0.4, 0.5) is 4.39 Å². The number of carbonyl (C=O) groups excluding carboxylic acids is 1. The molecule has 1 heterocycles. The van der Waals surface area contributed by atoms with E-state index in [9.17, 15) is 9.18 Å². The highest BCUT2D eigenvalue weighted by atomic mass is 79.9. The summed E-state index contributed by atoms with van der Waals surface area (Å²) in [5, 5.41) is 0. The van der Waals surface area contributed by atoms with Gasteiger partial charge in [0.25, 0.3) is 0 Å². The molecular weight excluding hydrogens is 301 g/mol. The number of pyridine rings is 1. The van der Waals surface area contributed by atoms with E-state index in [1.807, 2.05) is 0 Å². The fraction of sp³-hybridized carbons (Fsp3) is 0.0769. The number of hydrogen-bond acceptors (Lipinski definition) is 3. The van der Waals surface area contributed by atoms with Crippen molar-refractivity contribution in [2.24, 2.45) is 0 Å². The molecule has 92 valence electrons. The fourth-order valence-electron chi connectivity index (χ4n) is 1.38. The summed E-state index contributed by atoms with van der Waals surface area (Å²) >= 11 is 3.24. The number of Topliss-reactive ketones (excluding diaryl/α,β-unsaturated/α-hetero) is 1. The summed E-state index contributed by atoms with van der Waals surface area (Å²) < 4.78 is 19.8. The molecule has 1 aromatic heterocycles. The van der Waals surface area contributed by atoms with Crippen LogP contribution in [0.1, 0.15) is 17.3 Å². The number of halogens is 2. The fourth-order valence-corrected chi connectivity index (χ4v) is 1.72. The van der Waals surface area contributed by atoms with Gasteiger partial charge in [-0.3, -0.25) is 9.78 Å². The van der Waals surface area contributed by atoms with Crippen LogP contribution in [0.5, 0.6) is 11.5 Å². The average molecular weight is 310 g/mol. The molecule has 2 aromatic rings. The Labute approximate surface area is 112 Å². The maximum atomic E-state index is 13.7. The maximum absolute atomic E-state index is 13.7. The summed E-state index contributed by atoms with van der Waals surface area (Å²) in [5.74, 6) is -0.300. The molecule has 0 atom stereocenters. The van der Waals surface area contributed by atoms with Crippen LogP contribution >= 0.6 is 15.9 Å². The molecule has 0 fully saturated rings. The van der Waals surface area contributed by atoms with Crippen LogP contribution in [0, 0.1) is 5.82 Å². The zero-order valence-electron chi connectivity index (χ0n) is 9.48. The molecule has 2 rings (SSSR count). The Morgan fingerprint density at radius 3 is 2.72 bits per heavy atom. The van der Waals surface area contributed by atoms with E-state index in [0.717, 1.165) is 10.5 Å². The molecule has 5 heteroatoms. The molecule has 0 aliphatic carbocycles. The summed E-state index contributed by atoms with van der Waals surface area (Å²) in [6.45, 7) is 1.38. The standard InChI is InChI=1S/C13H9BrFNO2/c1-8(17)9-2-3-13(12(15)4-9)18-11-5-10(14)6-16-7-11/h2-7H,1H3. The first kappa shape index (κ1) is 12.7. The first-order valence-electron chi connectivity index (χ1n) is 5.15. The molecule has 0 bridgehead atoms. The average Bonchev–Trinajstić information content (AvgIpc) is 2.31. The number of ether oxygens (including phenoxy) is 1. The highest BCUT2D eigenvalue weighted by Crippen LogP contribution is 2.26. The van der Waals surface area contributed by atoms with Crippen LogP contribution in [0.15, 0.2) is 41.1 Å². The summed E-state index contributed by atoms with van der Waals surface area (Å²) in [7, 11) is 0. The summed E-state index contributed by atoms with van der Waals surface area (Å²) in [4.78, 5) is 15.0. The van der Waals surface area contributed by atoms with Gasteiger partial charge in [-0.15, -0.1) is 0 Å². The van der Waals surface area contributed by atoms with Crippen molar-refractivity contribution in [3.63, 3.8) is 0 Å². The molecule has 0 unspecified atom stereocenters. The van der Waals surface area contributed by atoms with E-state index in [1.165, 1.54) is 25.3 Å². The third-order valence-corrected chi connectivity index (χ3v) is 2.68. The van der Waals surface area contributed by atoms with E-state index < -0.39 is 5.82 Å². The van der Waals surface area contributed by atoms with E-state index in [1.54, 1.807) is 12.3 Å². The minimum atomic E-state index is -0.581. The zero-order valence-corrected chi connectivity index (χ0v) is 11.1. The van der Waals surface area contributed by atoms with E-state index in [4.69, 9.17) is 4.74 Å². The second-order valence-corrected chi connectivity index (χ2v) is 4.56. The Morgan fingerprint density at radius 1 is 1.33 bits per heavy atom. The van der Waals surface area contributed by atoms with Crippen molar-refractivity contribution in [2.75, 3.05) is 0 Å². The van der Waals surface area contributed by atoms with Crippen molar-refractivity contribution in [3.05, 3.63) is 52.5 Å². The quantitative estimate of drug-likeness (QED) is 0.805. The van der Waals surface area contributed by atoms with Crippen LogP contribution in [0.2, 0.25) is 0 Å². The lowest BCUT2D eigenvalue weighted by molar-refractivity contribution is 0.101. The van der Waals surface area contributed by atoms with Crippen LogP contribution < -0.4 is 4.74 Å². The van der Waals surface area contributed by atoms with Gasteiger partial charge in [-0.05, 0) is 47.1 Å². The number of nitrogens with zero attached hydrogens (tertiary/aromatic N) is 1. The number of benzene rings is 1. The molecule has 0 saturated heterocycles. The zero-order chi connectivity index (χ0) is 13.1. The Balaban J connectivity index is 2.27. The van der Waals surface area contributed by atoms with Gasteiger partial charge in [0.1, 0.15) is 5.75 Å². The molecule has 0 spiro atoms. The van der Waals surface area contributed by atoms with E-state index in [0.29, 0.717) is 11.3 Å². The number of aromatic nitrogens is 1. The molecule has 18 heavy (non-hydrogen) atoms. The first-order valence-corrected chi connectivity index (χ1v) is 5.94. The van der Waals surface area contributed by atoms with Gasteiger partial charge >= 0.3 is 0 Å². The third kappa shape index (κ3) is 2.92. The summed E-state index contributed by atoms with van der Waals surface area (Å²) in [6.07, 6.45) is 3.07. The predicted molar refractivity (Wildman–Crippen MR) is 68.4 cm³/mol. The third-order valence-electron chi connectivity index (χ3n) is 2.25. The highest BCUT2D eigenvalue weighted by Gasteiger charge is 2.08. The number of ketones is 1. The largest absolute Gasteiger partial charge is 0.453 e. The van der Waals surface area contributed by atoms with Crippen LogP contribution in [0.25, 0.3) is 0 Å². The normalized spacial score (nSPS) is 10.2. The molecular formula is C13H9BrFNO2. The SMILES string of the molecule is CC(=O)c1ccc(Oc2cncc(Br)c2)c(F)c1. The van der Waals surface area contributed by atoms with Gasteiger partial charge in [0.2, 0.25) is 0 Å². The first-order chi connectivity index (χ1) is 8.56. The number of hydrogen-bond donors (Lipinski definition) is 0. The van der Waals surface area contributed by atoms with Crippen LogP contribution in [0.3, 0.4) is 0 Å². The monoisotopic (exact) mass is 309 g/mol. The Morgan fingerprint density at radius 2 is 2.11 bits per heavy atom. The lowest BCUT2D eigenvalue weighted by atomic mass is 10.1. The van der Waals surface area contributed by atoms with Gasteiger partial charge in [0.05, 0.1) is 6.20 Å². The van der Waals surface area contributed by atoms with Gasteiger partial charge in [0, 0.05) is 16.2 Å². The molecule has 0 saturated carbocycles. The molecule has 1 aromatic carbocycles. The molecule has 0 aliphatic rings. The molecule has 3 nitrogen and oxygen atoms in total. The van der Waals surface area contributed by atoms with E-state index in [-0.39, 0.29) is 11.5 Å². The summed E-state index contributed by atoms with van der Waals surface area (Å²) in [5.41, 5.74) is 0.312. The number of carbonyl (C=O) groups is 1. The van der Waals surface area contributed by atoms with Crippen molar-refractivity contribution in [1.82, 2.24) is 4.98 Å². The Hall–Kier alpha value is -1.75. The van der Waals surface area contributed by atoms with E-state index in [2.05, 4.69) is 20.9 Å². The lowest BCUT2D eigenvalue weighted by Gasteiger charge is -2.07. The molecule has 0 N–H and O–H groups in total. The second kappa shape index (κ2) is 5.27. The molecule has 0 radical (unpaired) electrons. The van der Waals surface area contributed by atoms with Gasteiger partial charge in [-0.1, -0.05) is 0 Å². The smallest absolute Gasteiger partial charge is 0.166 e. The van der Waals surface area contributed by atoms with Crippen molar-refractivity contribution in [3.8, 4) is 11.5 Å². The van der Waals surface area contributed by atoms with Gasteiger partial charge < -0.3 is 4.74 Å². The van der Waals surface area contributed by atoms with Gasteiger partial charge in [-0.25, -0.2) is 4.39 Å². The predicted octanol–water partition coefficient (Wildman–Crippen LogP) is 3.98. The van der Waals surface area contributed by atoms with Crippen LogP contribution in [-0.4, -0.2) is 10.8 Å². The van der Waals surface area contributed by atoms with Crippen molar-refractivity contribution in [1.29, 1.82) is 0 Å². The lowest BCUT2D eigenvalue weighted by Crippen LogP contribution is -1.95. The van der Waals surface area contributed by atoms with Gasteiger partial charge in [-0.2, -0.15) is 0 Å². The topological polar surface area (TPSA) is 39.2 Å². The molecule has 0 amide bonds. The van der Waals surface area contributed by atoms with Crippen LogP contribution in [-0.2, 0) is 0 Å². The Kier molecular flexibility index (Phi) is 3.72. The highest BCUT2D eigenvalue weighted by molar-refractivity contribution is 9.10. The van der Waals surface area contributed by atoms with Crippen molar-refractivity contribution < 1.29 is 13.9 Å². The Bertz CT molecular complexity index is 601. The minimum absolute atomic E-state index is 0.0555. The van der Waals surface area contributed by atoms with Crippen molar-refractivity contribution in [2.45, 2.75) is 6.92 Å². The molecule has 0 aliphatic heterocycles. The minimum Gasteiger partial charge on any atom is -0.453 e. The van der Waals surface area contributed by atoms with Gasteiger partial charge in [0.15, 0.2) is 17.3 Å².